The summed E-state index contributed by atoms with van der Waals surface area (Å²) in [6.45, 7) is 1.15. The van der Waals surface area contributed by atoms with E-state index in [1.165, 1.54) is 0 Å². The summed E-state index contributed by atoms with van der Waals surface area (Å²) in [5.41, 5.74) is 6.35. The maximum Gasteiger partial charge on any atom is 0.130 e. The summed E-state index contributed by atoms with van der Waals surface area (Å²) in [7, 11) is 1.66. The van der Waals surface area contributed by atoms with Crippen LogP contribution in [0.1, 0.15) is 11.4 Å². The van der Waals surface area contributed by atoms with Crippen LogP contribution in [0.2, 0.25) is 0 Å². The highest BCUT2D eigenvalue weighted by molar-refractivity contribution is 5.04. The first-order chi connectivity index (χ1) is 5.86. The molecule has 0 unspecified atom stereocenters. The number of nitrogens with zero attached hydrogens (tertiary/aromatic N) is 2. The van der Waals surface area contributed by atoms with E-state index in [9.17, 15) is 0 Å². The number of nitrogens with two attached hydrogens (primary N) is 1. The molecule has 4 heteroatoms. The maximum atomic E-state index is 5.40. The van der Waals surface area contributed by atoms with Crippen LogP contribution in [0, 0.1) is 0 Å². The number of methoxy groups -OCH3 is 1. The Kier molecular flexibility index (Phi) is 3.63. The molecule has 0 saturated carbocycles. The van der Waals surface area contributed by atoms with Crippen molar-refractivity contribution in [3.8, 4) is 0 Å². The van der Waals surface area contributed by atoms with E-state index in [2.05, 4.69) is 9.97 Å². The highest BCUT2D eigenvalue weighted by Crippen LogP contribution is 1.95. The van der Waals surface area contributed by atoms with Crippen LogP contribution in [0.3, 0.4) is 0 Å². The lowest BCUT2D eigenvalue weighted by Crippen LogP contribution is -2.03. The van der Waals surface area contributed by atoms with Gasteiger partial charge in [0.1, 0.15) is 5.82 Å². The molecule has 0 aliphatic heterocycles. The van der Waals surface area contributed by atoms with Gasteiger partial charge in [0, 0.05) is 38.0 Å². The van der Waals surface area contributed by atoms with Gasteiger partial charge >= 0.3 is 0 Å². The largest absolute Gasteiger partial charge is 0.384 e. The van der Waals surface area contributed by atoms with Crippen LogP contribution < -0.4 is 5.73 Å². The van der Waals surface area contributed by atoms with Crippen LogP contribution in [0.15, 0.2) is 12.4 Å². The average Bonchev–Trinajstić information content (AvgIpc) is 2.15. The molecular formula is C8H13N3O. The molecule has 0 aromatic carbocycles. The third-order valence-corrected chi connectivity index (χ3v) is 1.52. The summed E-state index contributed by atoms with van der Waals surface area (Å²) in [4.78, 5) is 8.23. The third-order valence-electron chi connectivity index (χ3n) is 1.52. The van der Waals surface area contributed by atoms with E-state index in [1.54, 1.807) is 19.5 Å². The van der Waals surface area contributed by atoms with E-state index in [0.29, 0.717) is 13.2 Å². The van der Waals surface area contributed by atoms with Crippen LogP contribution in [0.4, 0.5) is 0 Å². The molecule has 1 heterocycles. The maximum absolute atomic E-state index is 5.40. The smallest absolute Gasteiger partial charge is 0.130 e. The molecule has 0 saturated heterocycles. The number of hydrogen-bond donors (Lipinski definition) is 1. The molecule has 0 radical (unpaired) electrons. The van der Waals surface area contributed by atoms with Gasteiger partial charge in [-0.2, -0.15) is 0 Å². The zero-order valence-electron chi connectivity index (χ0n) is 7.16. The van der Waals surface area contributed by atoms with E-state index >= 15 is 0 Å². The van der Waals surface area contributed by atoms with E-state index in [1.807, 2.05) is 0 Å². The SMILES string of the molecule is COCCc1ncc(CN)cn1. The van der Waals surface area contributed by atoms with E-state index < -0.39 is 0 Å². The van der Waals surface area contributed by atoms with Gasteiger partial charge in [-0.1, -0.05) is 0 Å². The van der Waals surface area contributed by atoms with Crippen molar-refractivity contribution in [3.05, 3.63) is 23.8 Å². The molecule has 0 bridgehead atoms. The van der Waals surface area contributed by atoms with Crippen molar-refractivity contribution in [1.29, 1.82) is 0 Å². The van der Waals surface area contributed by atoms with Crippen LogP contribution in [0.25, 0.3) is 0 Å². The van der Waals surface area contributed by atoms with Crippen molar-refractivity contribution in [1.82, 2.24) is 9.97 Å². The van der Waals surface area contributed by atoms with Crippen molar-refractivity contribution in [3.63, 3.8) is 0 Å². The van der Waals surface area contributed by atoms with Crippen LogP contribution in [0.5, 0.6) is 0 Å². The van der Waals surface area contributed by atoms with Gasteiger partial charge in [-0.15, -0.1) is 0 Å². The lowest BCUT2D eigenvalue weighted by atomic mass is 10.3. The van der Waals surface area contributed by atoms with E-state index in [4.69, 9.17) is 10.5 Å². The molecule has 4 nitrogen and oxygen atoms in total. The van der Waals surface area contributed by atoms with E-state index in [-0.39, 0.29) is 0 Å². The molecule has 0 aliphatic rings. The molecule has 2 N–H and O–H groups in total. The number of rotatable bonds is 4. The Morgan fingerprint density at radius 3 is 2.58 bits per heavy atom. The Morgan fingerprint density at radius 2 is 2.08 bits per heavy atom. The Bertz CT molecular complexity index is 222. The Morgan fingerprint density at radius 1 is 1.42 bits per heavy atom. The molecule has 1 aromatic heterocycles. The fraction of sp³-hybridized carbons (Fsp3) is 0.500. The first kappa shape index (κ1) is 9.09. The third kappa shape index (κ3) is 2.56. The Labute approximate surface area is 71.8 Å². The highest BCUT2D eigenvalue weighted by atomic mass is 16.5. The molecule has 66 valence electrons. The van der Waals surface area contributed by atoms with Crippen molar-refractivity contribution in [2.75, 3.05) is 13.7 Å². The van der Waals surface area contributed by atoms with Crippen molar-refractivity contribution in [2.24, 2.45) is 5.73 Å². The second-order valence-electron chi connectivity index (χ2n) is 2.45. The molecule has 0 amide bonds. The predicted octanol–water partition coefficient (Wildman–Crippen LogP) is 0.124. The first-order valence-corrected chi connectivity index (χ1v) is 3.85. The molecular weight excluding hydrogens is 154 g/mol. The Hall–Kier alpha value is -1.00. The number of hydrogen-bond acceptors (Lipinski definition) is 4. The average molecular weight is 167 g/mol. The topological polar surface area (TPSA) is 61.0 Å². The lowest BCUT2D eigenvalue weighted by Gasteiger charge is -1.99. The zero-order chi connectivity index (χ0) is 8.81. The number of ether oxygens (including phenoxy) is 1. The summed E-state index contributed by atoms with van der Waals surface area (Å²) in [5.74, 6) is 0.800. The molecule has 0 aliphatic carbocycles. The van der Waals surface area contributed by atoms with Gasteiger partial charge in [0.05, 0.1) is 6.61 Å². The summed E-state index contributed by atoms with van der Waals surface area (Å²) in [5, 5.41) is 0. The minimum atomic E-state index is 0.491. The normalized spacial score (nSPS) is 10.2. The standard InChI is InChI=1S/C8H13N3O/c1-12-3-2-8-10-5-7(4-9)6-11-8/h5-6H,2-4,9H2,1H3. The summed E-state index contributed by atoms with van der Waals surface area (Å²) in [6.07, 6.45) is 4.25. The summed E-state index contributed by atoms with van der Waals surface area (Å²) >= 11 is 0. The van der Waals surface area contributed by atoms with Gasteiger partial charge in [0.25, 0.3) is 0 Å². The molecule has 12 heavy (non-hydrogen) atoms. The van der Waals surface area contributed by atoms with Gasteiger partial charge < -0.3 is 10.5 Å². The van der Waals surface area contributed by atoms with Gasteiger partial charge in [0.2, 0.25) is 0 Å². The van der Waals surface area contributed by atoms with E-state index in [0.717, 1.165) is 17.8 Å². The highest BCUT2D eigenvalue weighted by Gasteiger charge is 1.95. The Balaban J connectivity index is 2.53. The molecule has 0 atom stereocenters. The molecule has 1 rings (SSSR count). The quantitative estimate of drug-likeness (QED) is 0.692. The summed E-state index contributed by atoms with van der Waals surface area (Å²) < 4.78 is 4.90. The van der Waals surface area contributed by atoms with Gasteiger partial charge in [0.15, 0.2) is 0 Å². The second-order valence-corrected chi connectivity index (χ2v) is 2.45. The minimum absolute atomic E-state index is 0.491. The minimum Gasteiger partial charge on any atom is -0.384 e. The van der Waals surface area contributed by atoms with Crippen LogP contribution in [-0.2, 0) is 17.7 Å². The number of aromatic nitrogens is 2. The van der Waals surface area contributed by atoms with Crippen LogP contribution >= 0.6 is 0 Å². The predicted molar refractivity (Wildman–Crippen MR) is 45.5 cm³/mol. The van der Waals surface area contributed by atoms with Crippen molar-refractivity contribution >= 4 is 0 Å². The van der Waals surface area contributed by atoms with Gasteiger partial charge in [-0.3, -0.25) is 0 Å². The molecule has 0 spiro atoms. The molecule has 1 aromatic rings. The fourth-order valence-electron chi connectivity index (χ4n) is 0.809. The first-order valence-electron chi connectivity index (χ1n) is 3.85. The monoisotopic (exact) mass is 167 g/mol. The van der Waals surface area contributed by atoms with Gasteiger partial charge in [-0.05, 0) is 0 Å². The zero-order valence-corrected chi connectivity index (χ0v) is 7.16. The lowest BCUT2D eigenvalue weighted by molar-refractivity contribution is 0.200. The van der Waals surface area contributed by atoms with Gasteiger partial charge in [-0.25, -0.2) is 9.97 Å². The fourth-order valence-corrected chi connectivity index (χ4v) is 0.809. The van der Waals surface area contributed by atoms with Crippen molar-refractivity contribution in [2.45, 2.75) is 13.0 Å². The summed E-state index contributed by atoms with van der Waals surface area (Å²) in [6, 6.07) is 0. The van der Waals surface area contributed by atoms with Crippen molar-refractivity contribution < 1.29 is 4.74 Å². The second kappa shape index (κ2) is 4.79. The molecule has 0 fully saturated rings. The van der Waals surface area contributed by atoms with Crippen LogP contribution in [-0.4, -0.2) is 23.7 Å².